The second kappa shape index (κ2) is 7.95. The highest BCUT2D eigenvalue weighted by atomic mass is 19.1. The molecule has 0 radical (unpaired) electrons. The molecule has 0 bridgehead atoms. The summed E-state index contributed by atoms with van der Waals surface area (Å²) in [5.74, 6) is 0.604. The highest BCUT2D eigenvalue weighted by Gasteiger charge is 2.23. The van der Waals surface area contributed by atoms with Gasteiger partial charge < -0.3 is 10.2 Å². The van der Waals surface area contributed by atoms with Crippen molar-refractivity contribution >= 4 is 5.91 Å². The van der Waals surface area contributed by atoms with Gasteiger partial charge in [-0.3, -0.25) is 4.79 Å². The number of amides is 1. The molecule has 0 spiro atoms. The normalized spacial score (nSPS) is 18.3. The van der Waals surface area contributed by atoms with Crippen LogP contribution >= 0.6 is 0 Å². The van der Waals surface area contributed by atoms with Gasteiger partial charge in [-0.05, 0) is 70.3 Å². The maximum atomic E-state index is 13.1. The molecular formula is C19H26FN5O. The number of carbonyl (C=O) groups is 1. The molecule has 7 heteroatoms. The predicted molar refractivity (Wildman–Crippen MR) is 97.8 cm³/mol. The molecule has 1 saturated heterocycles. The van der Waals surface area contributed by atoms with E-state index >= 15 is 0 Å². The molecule has 1 atom stereocenters. The summed E-state index contributed by atoms with van der Waals surface area (Å²) in [4.78, 5) is 19.1. The van der Waals surface area contributed by atoms with Crippen molar-refractivity contribution in [3.05, 3.63) is 41.7 Å². The summed E-state index contributed by atoms with van der Waals surface area (Å²) in [6, 6.07) is 6.48. The highest BCUT2D eigenvalue weighted by Crippen LogP contribution is 2.18. The van der Waals surface area contributed by atoms with Crippen LogP contribution in [0.15, 0.2) is 24.3 Å². The third kappa shape index (κ3) is 4.27. The van der Waals surface area contributed by atoms with Gasteiger partial charge in [0.1, 0.15) is 11.6 Å². The van der Waals surface area contributed by atoms with Crippen LogP contribution in [0.3, 0.4) is 0 Å². The number of aryl methyl sites for hydroxylation is 1. The standard InChI is InChI=1S/C19H26FN5O/c1-13(2)24-10-4-5-15(12-24)11-21-19(26)18-22-14(3)25(23-18)17-8-6-16(20)7-9-17/h6-9,13,15H,4-5,10-12H2,1-3H3,(H,21,26). The first-order valence-electron chi connectivity index (χ1n) is 9.16. The average molecular weight is 359 g/mol. The Morgan fingerprint density at radius 2 is 2.08 bits per heavy atom. The molecule has 2 heterocycles. The van der Waals surface area contributed by atoms with E-state index in [2.05, 4.69) is 34.1 Å². The second-order valence-corrected chi connectivity index (χ2v) is 7.18. The zero-order valence-electron chi connectivity index (χ0n) is 15.6. The van der Waals surface area contributed by atoms with Crippen LogP contribution in [0.1, 0.15) is 43.1 Å². The molecule has 0 aliphatic carbocycles. The Balaban J connectivity index is 1.62. The minimum atomic E-state index is -0.313. The first kappa shape index (κ1) is 18.5. The molecule has 6 nitrogen and oxygen atoms in total. The van der Waals surface area contributed by atoms with Crippen LogP contribution < -0.4 is 5.32 Å². The van der Waals surface area contributed by atoms with Gasteiger partial charge in [-0.15, -0.1) is 5.10 Å². The van der Waals surface area contributed by atoms with Crippen molar-refractivity contribution in [3.63, 3.8) is 0 Å². The first-order chi connectivity index (χ1) is 12.4. The van der Waals surface area contributed by atoms with Crippen molar-refractivity contribution in [1.82, 2.24) is 25.0 Å². The molecule has 1 aromatic heterocycles. The minimum absolute atomic E-state index is 0.142. The third-order valence-electron chi connectivity index (χ3n) is 4.88. The summed E-state index contributed by atoms with van der Waals surface area (Å²) in [6.45, 7) is 8.95. The number of hydrogen-bond acceptors (Lipinski definition) is 4. The number of aromatic nitrogens is 3. The number of benzene rings is 1. The Hall–Kier alpha value is -2.28. The molecule has 1 aromatic carbocycles. The van der Waals surface area contributed by atoms with Crippen LogP contribution in [0.2, 0.25) is 0 Å². The van der Waals surface area contributed by atoms with E-state index in [9.17, 15) is 9.18 Å². The van der Waals surface area contributed by atoms with E-state index in [-0.39, 0.29) is 17.5 Å². The van der Waals surface area contributed by atoms with Gasteiger partial charge in [0.2, 0.25) is 5.82 Å². The van der Waals surface area contributed by atoms with Gasteiger partial charge in [0.15, 0.2) is 0 Å². The Morgan fingerprint density at radius 3 is 2.77 bits per heavy atom. The maximum Gasteiger partial charge on any atom is 0.290 e. The van der Waals surface area contributed by atoms with Gasteiger partial charge in [-0.1, -0.05) is 0 Å². The van der Waals surface area contributed by atoms with E-state index in [0.717, 1.165) is 25.9 Å². The van der Waals surface area contributed by atoms with Gasteiger partial charge >= 0.3 is 0 Å². The van der Waals surface area contributed by atoms with Crippen LogP contribution in [0, 0.1) is 18.7 Å². The number of rotatable bonds is 5. The maximum absolute atomic E-state index is 13.1. The van der Waals surface area contributed by atoms with Gasteiger partial charge in [0.25, 0.3) is 5.91 Å². The summed E-state index contributed by atoms with van der Waals surface area (Å²) in [5.41, 5.74) is 0.676. The average Bonchev–Trinajstić information content (AvgIpc) is 3.02. The highest BCUT2D eigenvalue weighted by molar-refractivity contribution is 5.90. The lowest BCUT2D eigenvalue weighted by Gasteiger charge is -2.35. The Morgan fingerprint density at radius 1 is 1.35 bits per heavy atom. The Bertz CT molecular complexity index is 756. The summed E-state index contributed by atoms with van der Waals surface area (Å²) in [5, 5.41) is 7.24. The van der Waals surface area contributed by atoms with Crippen LogP contribution in [0.4, 0.5) is 4.39 Å². The van der Waals surface area contributed by atoms with Crippen molar-refractivity contribution in [2.24, 2.45) is 5.92 Å². The van der Waals surface area contributed by atoms with Gasteiger partial charge in [-0.2, -0.15) is 0 Å². The zero-order valence-corrected chi connectivity index (χ0v) is 15.6. The van der Waals surface area contributed by atoms with E-state index < -0.39 is 0 Å². The molecule has 1 amide bonds. The lowest BCUT2D eigenvalue weighted by atomic mass is 9.97. The number of likely N-dealkylation sites (tertiary alicyclic amines) is 1. The van der Waals surface area contributed by atoms with E-state index in [0.29, 0.717) is 30.0 Å². The predicted octanol–water partition coefficient (Wildman–Crippen LogP) is 2.57. The molecule has 26 heavy (non-hydrogen) atoms. The number of hydrogen-bond donors (Lipinski definition) is 1. The smallest absolute Gasteiger partial charge is 0.290 e. The molecule has 1 unspecified atom stereocenters. The zero-order chi connectivity index (χ0) is 18.7. The number of carbonyl (C=O) groups excluding carboxylic acids is 1. The number of piperidine rings is 1. The van der Waals surface area contributed by atoms with Crippen LogP contribution in [0.5, 0.6) is 0 Å². The van der Waals surface area contributed by atoms with E-state index in [4.69, 9.17) is 0 Å². The lowest BCUT2D eigenvalue weighted by Crippen LogP contribution is -2.43. The van der Waals surface area contributed by atoms with E-state index in [1.807, 2.05) is 0 Å². The molecule has 2 aromatic rings. The molecule has 1 N–H and O–H groups in total. The van der Waals surface area contributed by atoms with Crippen molar-refractivity contribution in [3.8, 4) is 5.69 Å². The largest absolute Gasteiger partial charge is 0.349 e. The Kier molecular flexibility index (Phi) is 5.66. The summed E-state index contributed by atoms with van der Waals surface area (Å²) >= 11 is 0. The van der Waals surface area contributed by atoms with Gasteiger partial charge in [0.05, 0.1) is 5.69 Å². The molecule has 0 saturated carbocycles. The summed E-state index contributed by atoms with van der Waals surface area (Å²) < 4.78 is 14.6. The second-order valence-electron chi connectivity index (χ2n) is 7.18. The molecule has 140 valence electrons. The van der Waals surface area contributed by atoms with E-state index in [1.165, 1.54) is 12.1 Å². The van der Waals surface area contributed by atoms with Crippen LogP contribution in [-0.4, -0.2) is 51.2 Å². The Labute approximate surface area is 153 Å². The topological polar surface area (TPSA) is 63.1 Å². The number of nitrogens with one attached hydrogen (secondary N) is 1. The SMILES string of the molecule is Cc1nc(C(=O)NCC2CCCN(C(C)C)C2)nn1-c1ccc(F)cc1. The van der Waals surface area contributed by atoms with Crippen LogP contribution in [-0.2, 0) is 0 Å². The minimum Gasteiger partial charge on any atom is -0.349 e. The van der Waals surface area contributed by atoms with Gasteiger partial charge in [-0.25, -0.2) is 14.1 Å². The molecule has 1 aliphatic rings. The molecular weight excluding hydrogens is 333 g/mol. The fourth-order valence-electron chi connectivity index (χ4n) is 3.36. The number of halogens is 1. The fourth-order valence-corrected chi connectivity index (χ4v) is 3.36. The first-order valence-corrected chi connectivity index (χ1v) is 9.16. The lowest BCUT2D eigenvalue weighted by molar-refractivity contribution is 0.0912. The van der Waals surface area contributed by atoms with Crippen molar-refractivity contribution < 1.29 is 9.18 Å². The van der Waals surface area contributed by atoms with Crippen molar-refractivity contribution in [1.29, 1.82) is 0 Å². The summed E-state index contributed by atoms with van der Waals surface area (Å²) in [6.07, 6.45) is 2.29. The fraction of sp³-hybridized carbons (Fsp3) is 0.526. The third-order valence-corrected chi connectivity index (χ3v) is 4.88. The van der Waals surface area contributed by atoms with Gasteiger partial charge in [0, 0.05) is 19.1 Å². The monoisotopic (exact) mass is 359 g/mol. The van der Waals surface area contributed by atoms with Crippen LogP contribution in [0.25, 0.3) is 5.69 Å². The van der Waals surface area contributed by atoms with Crippen molar-refractivity contribution in [2.45, 2.75) is 39.7 Å². The molecule has 1 aliphatic heterocycles. The summed E-state index contributed by atoms with van der Waals surface area (Å²) in [7, 11) is 0. The van der Waals surface area contributed by atoms with Crippen molar-refractivity contribution in [2.75, 3.05) is 19.6 Å². The quantitative estimate of drug-likeness (QED) is 0.891. The molecule has 3 rings (SSSR count). The number of nitrogens with zero attached hydrogens (tertiary/aromatic N) is 4. The molecule has 1 fully saturated rings. The van der Waals surface area contributed by atoms with E-state index in [1.54, 1.807) is 23.7 Å².